The molecule has 190 valence electrons. The summed E-state index contributed by atoms with van der Waals surface area (Å²) in [4.78, 5) is 23.1. The zero-order valence-electron chi connectivity index (χ0n) is 19.2. The maximum atomic E-state index is 14.6. The van der Waals surface area contributed by atoms with Crippen LogP contribution in [-0.2, 0) is 0 Å². The molecule has 3 aromatic carbocycles. The Morgan fingerprint density at radius 1 is 0.611 bits per heavy atom. The third kappa shape index (κ3) is 6.34. The molecule has 0 aliphatic carbocycles. The number of carbonyl (C=O) groups is 2. The summed E-state index contributed by atoms with van der Waals surface area (Å²) in [5.74, 6) is -10.1. The molecule has 0 spiro atoms. The topological polar surface area (TPSA) is 101 Å². The molecule has 3 aromatic rings. The number of urea groups is 2. The van der Waals surface area contributed by atoms with Crippen LogP contribution in [0.1, 0.15) is 13.8 Å². The number of rotatable bonds is 8. The molecule has 0 bridgehead atoms. The molecule has 0 aliphatic rings. The van der Waals surface area contributed by atoms with Crippen molar-refractivity contribution in [1.29, 1.82) is 0 Å². The van der Waals surface area contributed by atoms with E-state index in [-0.39, 0.29) is 11.5 Å². The lowest BCUT2D eigenvalue weighted by Gasteiger charge is -2.14. The summed E-state index contributed by atoms with van der Waals surface area (Å²) in [6, 6.07) is 9.54. The van der Waals surface area contributed by atoms with Crippen LogP contribution in [-0.4, -0.2) is 25.2 Å². The van der Waals surface area contributed by atoms with Crippen LogP contribution in [0, 0.1) is 23.3 Å². The molecule has 4 amide bonds. The van der Waals surface area contributed by atoms with Crippen molar-refractivity contribution in [2.45, 2.75) is 13.8 Å². The highest BCUT2D eigenvalue weighted by Gasteiger charge is 2.29. The number of carbonyl (C=O) groups excluding carboxylic acids is 2. The average molecular weight is 506 g/mol. The lowest BCUT2D eigenvalue weighted by molar-refractivity contribution is 0.251. The third-order valence-corrected chi connectivity index (χ3v) is 4.52. The molecule has 3 rings (SSSR count). The van der Waals surface area contributed by atoms with Gasteiger partial charge in [-0.1, -0.05) is 0 Å². The zero-order chi connectivity index (χ0) is 26.2. The van der Waals surface area contributed by atoms with Crippen molar-refractivity contribution in [1.82, 2.24) is 10.6 Å². The zero-order valence-corrected chi connectivity index (χ0v) is 19.2. The SMILES string of the molecule is CCNC(=O)Nc1ccc(Oc2c(F)c(F)c(Oc3ccc(NC(=O)NCC)cc3)c(F)c2F)cc1. The Morgan fingerprint density at radius 2 is 0.917 bits per heavy atom. The molecule has 8 nitrogen and oxygen atoms in total. The number of halogens is 4. The molecule has 0 saturated heterocycles. The van der Waals surface area contributed by atoms with E-state index in [1.165, 1.54) is 48.5 Å². The van der Waals surface area contributed by atoms with Crippen LogP contribution in [0.4, 0.5) is 38.5 Å². The van der Waals surface area contributed by atoms with E-state index in [4.69, 9.17) is 9.47 Å². The average Bonchev–Trinajstić information content (AvgIpc) is 2.85. The fourth-order valence-corrected chi connectivity index (χ4v) is 2.89. The molecular weight excluding hydrogens is 484 g/mol. The molecule has 0 unspecified atom stereocenters. The molecule has 0 aromatic heterocycles. The minimum atomic E-state index is -1.80. The summed E-state index contributed by atoms with van der Waals surface area (Å²) >= 11 is 0. The Hall–Kier alpha value is -4.48. The van der Waals surface area contributed by atoms with Gasteiger partial charge in [0.05, 0.1) is 0 Å². The molecule has 0 fully saturated rings. The summed E-state index contributed by atoms with van der Waals surface area (Å²) in [5.41, 5.74) is 0.699. The van der Waals surface area contributed by atoms with Crippen molar-refractivity contribution in [2.75, 3.05) is 23.7 Å². The molecule has 0 heterocycles. The van der Waals surface area contributed by atoms with Gasteiger partial charge in [0, 0.05) is 24.5 Å². The van der Waals surface area contributed by atoms with Crippen molar-refractivity contribution in [2.24, 2.45) is 0 Å². The van der Waals surface area contributed by atoms with E-state index < -0.39 is 46.8 Å². The Morgan fingerprint density at radius 3 is 1.19 bits per heavy atom. The highest BCUT2D eigenvalue weighted by molar-refractivity contribution is 5.89. The normalized spacial score (nSPS) is 10.4. The van der Waals surface area contributed by atoms with Crippen LogP contribution in [0.25, 0.3) is 0 Å². The van der Waals surface area contributed by atoms with E-state index in [2.05, 4.69) is 21.3 Å². The predicted molar refractivity (Wildman–Crippen MR) is 125 cm³/mol. The fourth-order valence-electron chi connectivity index (χ4n) is 2.89. The lowest BCUT2D eigenvalue weighted by Crippen LogP contribution is -2.28. The fraction of sp³-hybridized carbons (Fsp3) is 0.167. The van der Waals surface area contributed by atoms with E-state index in [1.807, 2.05) is 0 Å². The number of hydrogen-bond donors (Lipinski definition) is 4. The Labute approximate surface area is 203 Å². The van der Waals surface area contributed by atoms with Gasteiger partial charge in [-0.2, -0.15) is 17.6 Å². The summed E-state index contributed by atoms with van der Waals surface area (Å²) in [5, 5.41) is 10.1. The lowest BCUT2D eigenvalue weighted by atomic mass is 10.2. The molecule has 12 heteroatoms. The minimum Gasteiger partial charge on any atom is -0.451 e. The van der Waals surface area contributed by atoms with E-state index in [0.29, 0.717) is 24.5 Å². The van der Waals surface area contributed by atoms with Crippen LogP contribution < -0.4 is 30.7 Å². The second-order valence-electron chi connectivity index (χ2n) is 7.14. The Kier molecular flexibility index (Phi) is 8.55. The second kappa shape index (κ2) is 11.8. The highest BCUT2D eigenvalue weighted by Crippen LogP contribution is 2.39. The van der Waals surface area contributed by atoms with Gasteiger partial charge in [0.1, 0.15) is 11.5 Å². The van der Waals surface area contributed by atoms with Gasteiger partial charge in [-0.3, -0.25) is 0 Å². The number of amides is 4. The monoisotopic (exact) mass is 506 g/mol. The summed E-state index contributed by atoms with van der Waals surface area (Å²) in [7, 11) is 0. The van der Waals surface area contributed by atoms with Crippen LogP contribution in [0.2, 0.25) is 0 Å². The standard InChI is InChI=1S/C24H22F4N4O4/c1-3-29-23(33)31-13-5-9-15(10-6-13)35-21-17(25)19(27)22(20(28)18(21)26)36-16-11-7-14(8-12-16)32-24(34)30-4-2/h5-12H,3-4H2,1-2H3,(H2,29,31,33)(H2,30,32,34). The van der Waals surface area contributed by atoms with Crippen molar-refractivity contribution >= 4 is 23.4 Å². The van der Waals surface area contributed by atoms with Gasteiger partial charge in [-0.25, -0.2) is 9.59 Å². The maximum Gasteiger partial charge on any atom is 0.319 e. The number of benzene rings is 3. The number of hydrogen-bond acceptors (Lipinski definition) is 4. The molecule has 36 heavy (non-hydrogen) atoms. The van der Waals surface area contributed by atoms with Gasteiger partial charge in [-0.15, -0.1) is 0 Å². The quantitative estimate of drug-likeness (QED) is 0.219. The van der Waals surface area contributed by atoms with Crippen molar-refractivity contribution < 1.29 is 36.6 Å². The van der Waals surface area contributed by atoms with Gasteiger partial charge < -0.3 is 30.7 Å². The first-order valence-electron chi connectivity index (χ1n) is 10.7. The van der Waals surface area contributed by atoms with Crippen LogP contribution >= 0.6 is 0 Å². The van der Waals surface area contributed by atoms with Gasteiger partial charge in [0.2, 0.25) is 34.8 Å². The van der Waals surface area contributed by atoms with Crippen LogP contribution in [0.3, 0.4) is 0 Å². The Balaban J connectivity index is 1.77. The molecule has 0 radical (unpaired) electrons. The highest BCUT2D eigenvalue weighted by atomic mass is 19.2. The Bertz CT molecular complexity index is 1110. The predicted octanol–water partition coefficient (Wildman–Crippen LogP) is 6.11. The first-order chi connectivity index (χ1) is 17.2. The van der Waals surface area contributed by atoms with Gasteiger partial charge in [0.15, 0.2) is 0 Å². The van der Waals surface area contributed by atoms with Gasteiger partial charge >= 0.3 is 12.1 Å². The molecule has 0 saturated carbocycles. The second-order valence-corrected chi connectivity index (χ2v) is 7.14. The van der Waals surface area contributed by atoms with Crippen molar-refractivity contribution in [3.8, 4) is 23.0 Å². The van der Waals surface area contributed by atoms with Gasteiger partial charge in [0.25, 0.3) is 0 Å². The molecule has 0 aliphatic heterocycles. The van der Waals surface area contributed by atoms with Crippen LogP contribution in [0.15, 0.2) is 48.5 Å². The largest absolute Gasteiger partial charge is 0.451 e. The smallest absolute Gasteiger partial charge is 0.319 e. The van der Waals surface area contributed by atoms with E-state index >= 15 is 0 Å². The van der Waals surface area contributed by atoms with Crippen molar-refractivity contribution in [3.63, 3.8) is 0 Å². The first-order valence-corrected chi connectivity index (χ1v) is 10.7. The molecule has 0 atom stereocenters. The summed E-state index contributed by atoms with van der Waals surface area (Å²) in [6.45, 7) is 4.28. The molecule has 4 N–H and O–H groups in total. The van der Waals surface area contributed by atoms with E-state index in [0.717, 1.165) is 0 Å². The number of anilines is 2. The first kappa shape index (κ1) is 26.1. The summed E-state index contributed by atoms with van der Waals surface area (Å²) < 4.78 is 68.5. The van der Waals surface area contributed by atoms with Crippen molar-refractivity contribution in [3.05, 3.63) is 71.8 Å². The van der Waals surface area contributed by atoms with Gasteiger partial charge in [-0.05, 0) is 62.4 Å². The maximum absolute atomic E-state index is 14.6. The minimum absolute atomic E-state index is 0.142. The number of ether oxygens (including phenoxy) is 2. The number of nitrogens with one attached hydrogen (secondary N) is 4. The molecular formula is C24H22F4N4O4. The summed E-state index contributed by atoms with van der Waals surface area (Å²) in [6.07, 6.45) is 0. The third-order valence-electron chi connectivity index (χ3n) is 4.52. The van der Waals surface area contributed by atoms with E-state index in [9.17, 15) is 27.2 Å². The van der Waals surface area contributed by atoms with E-state index in [1.54, 1.807) is 13.8 Å². The van der Waals surface area contributed by atoms with Crippen LogP contribution in [0.5, 0.6) is 23.0 Å².